The van der Waals surface area contributed by atoms with Crippen LogP contribution in [-0.2, 0) is 5.41 Å². The van der Waals surface area contributed by atoms with E-state index in [1.54, 1.807) is 0 Å². The summed E-state index contributed by atoms with van der Waals surface area (Å²) < 4.78 is 14.3. The molecule has 166 valence electrons. The van der Waals surface area contributed by atoms with Gasteiger partial charge in [0.2, 0.25) is 0 Å². The van der Waals surface area contributed by atoms with E-state index in [-0.39, 0.29) is 22.3 Å². The topological polar surface area (TPSA) is 69.9 Å². The Morgan fingerprint density at radius 1 is 1.00 bits per heavy atom. The first-order valence-corrected chi connectivity index (χ1v) is 10.6. The van der Waals surface area contributed by atoms with Gasteiger partial charge in [-0.1, -0.05) is 73.1 Å². The van der Waals surface area contributed by atoms with Gasteiger partial charge in [0.1, 0.15) is 11.5 Å². The quantitative estimate of drug-likeness (QED) is 0.272. The smallest absolute Gasteiger partial charge is 0.335 e. The van der Waals surface area contributed by atoms with Crippen molar-refractivity contribution in [3.63, 3.8) is 0 Å². The predicted molar refractivity (Wildman–Crippen MR) is 128 cm³/mol. The molecule has 0 bridgehead atoms. The highest BCUT2D eigenvalue weighted by atomic mass is 19.1. The van der Waals surface area contributed by atoms with Crippen molar-refractivity contribution in [1.82, 2.24) is 0 Å². The number of carboxylic acid groups (broad SMARTS) is 1. The fourth-order valence-corrected chi connectivity index (χ4v) is 4.11. The van der Waals surface area contributed by atoms with E-state index in [0.717, 1.165) is 22.8 Å². The number of hydrogen-bond acceptors (Lipinski definition) is 3. The molecular formula is C28H24FNO3. The molecule has 1 aliphatic rings. The van der Waals surface area contributed by atoms with E-state index >= 15 is 0 Å². The van der Waals surface area contributed by atoms with Crippen LogP contribution in [0, 0.1) is 12.7 Å². The van der Waals surface area contributed by atoms with Gasteiger partial charge in [0, 0.05) is 16.5 Å². The first-order valence-electron chi connectivity index (χ1n) is 10.6. The zero-order valence-corrected chi connectivity index (χ0v) is 18.6. The minimum atomic E-state index is -1.19. The van der Waals surface area contributed by atoms with Crippen LogP contribution in [0.5, 0.6) is 0 Å². The average Bonchev–Trinajstić information content (AvgIpc) is 3.06. The van der Waals surface area contributed by atoms with E-state index in [4.69, 9.17) is 5.11 Å². The van der Waals surface area contributed by atoms with Crippen LogP contribution >= 0.6 is 0 Å². The monoisotopic (exact) mass is 441 g/mol. The maximum atomic E-state index is 14.3. The van der Waals surface area contributed by atoms with Crippen molar-refractivity contribution in [1.29, 1.82) is 0 Å². The molecule has 0 atom stereocenters. The fourth-order valence-electron chi connectivity index (χ4n) is 4.11. The third-order valence-electron chi connectivity index (χ3n) is 5.94. The number of nitrogens with zero attached hydrogens (tertiary/aromatic N) is 1. The molecule has 5 heteroatoms. The lowest BCUT2D eigenvalue weighted by molar-refractivity contribution is 0.0696. The normalized spacial score (nSPS) is 14.9. The molecule has 3 aromatic rings. The van der Waals surface area contributed by atoms with Crippen LogP contribution in [-0.4, -0.2) is 22.0 Å². The van der Waals surface area contributed by atoms with Gasteiger partial charge in [0.15, 0.2) is 0 Å². The molecule has 0 amide bonds. The molecule has 0 aliphatic heterocycles. The van der Waals surface area contributed by atoms with Gasteiger partial charge in [-0.2, -0.15) is 0 Å². The lowest BCUT2D eigenvalue weighted by Gasteiger charge is -2.18. The van der Waals surface area contributed by atoms with Crippen LogP contribution in [0.2, 0.25) is 0 Å². The molecule has 33 heavy (non-hydrogen) atoms. The SMILES string of the molecule is Cc1ccc(C2=CC(C)(C)c3cc(C(/C=C/c4ccc(C(=O)O)cc4F)=N/O)ccc32)cc1. The number of carbonyl (C=O) groups is 1. The van der Waals surface area contributed by atoms with E-state index in [1.807, 2.05) is 18.2 Å². The zero-order valence-electron chi connectivity index (χ0n) is 18.6. The number of oxime groups is 1. The molecule has 4 nitrogen and oxygen atoms in total. The van der Waals surface area contributed by atoms with Crippen molar-refractivity contribution in [2.45, 2.75) is 26.2 Å². The van der Waals surface area contributed by atoms with E-state index < -0.39 is 11.8 Å². The maximum absolute atomic E-state index is 14.3. The van der Waals surface area contributed by atoms with Gasteiger partial charge >= 0.3 is 5.97 Å². The minimum absolute atomic E-state index is 0.126. The van der Waals surface area contributed by atoms with Gasteiger partial charge in [0.25, 0.3) is 0 Å². The molecule has 0 fully saturated rings. The van der Waals surface area contributed by atoms with Gasteiger partial charge in [-0.25, -0.2) is 9.18 Å². The number of halogens is 1. The third kappa shape index (κ3) is 4.35. The number of aromatic carboxylic acids is 1. The van der Waals surface area contributed by atoms with Gasteiger partial charge in [-0.05, 0) is 59.5 Å². The second-order valence-corrected chi connectivity index (χ2v) is 8.77. The Balaban J connectivity index is 1.66. The number of benzene rings is 3. The van der Waals surface area contributed by atoms with Crippen molar-refractivity contribution in [2.75, 3.05) is 0 Å². The molecule has 1 aliphatic carbocycles. The maximum Gasteiger partial charge on any atom is 0.335 e. The molecule has 0 spiro atoms. The van der Waals surface area contributed by atoms with E-state index in [9.17, 15) is 14.4 Å². The summed E-state index contributed by atoms with van der Waals surface area (Å²) in [6.07, 6.45) is 5.22. The van der Waals surface area contributed by atoms with Crippen LogP contribution in [0.15, 0.2) is 78.0 Å². The Bertz CT molecular complexity index is 1330. The van der Waals surface area contributed by atoms with Crippen LogP contribution in [0.25, 0.3) is 11.6 Å². The molecule has 0 heterocycles. The highest BCUT2D eigenvalue weighted by Gasteiger charge is 2.30. The van der Waals surface area contributed by atoms with Crippen LogP contribution in [0.3, 0.4) is 0 Å². The molecule has 0 saturated heterocycles. The highest BCUT2D eigenvalue weighted by Crippen LogP contribution is 2.43. The fraction of sp³-hybridized carbons (Fsp3) is 0.143. The Morgan fingerprint density at radius 2 is 1.70 bits per heavy atom. The summed E-state index contributed by atoms with van der Waals surface area (Å²) in [5.74, 6) is -1.85. The van der Waals surface area contributed by atoms with Crippen molar-refractivity contribution in [3.05, 3.63) is 118 Å². The van der Waals surface area contributed by atoms with E-state index in [0.29, 0.717) is 5.56 Å². The molecule has 4 rings (SSSR count). The first-order chi connectivity index (χ1) is 15.7. The highest BCUT2D eigenvalue weighted by molar-refractivity contribution is 6.11. The molecule has 0 unspecified atom stereocenters. The third-order valence-corrected chi connectivity index (χ3v) is 5.94. The predicted octanol–water partition coefficient (Wildman–Crippen LogP) is 6.45. The summed E-state index contributed by atoms with van der Waals surface area (Å²) in [6.45, 7) is 6.34. The van der Waals surface area contributed by atoms with Gasteiger partial charge in [-0.15, -0.1) is 0 Å². The molecule has 0 aromatic heterocycles. The number of hydrogen-bond donors (Lipinski definition) is 2. The molecule has 2 N–H and O–H groups in total. The van der Waals surface area contributed by atoms with Crippen molar-refractivity contribution in [2.24, 2.45) is 5.16 Å². The number of fused-ring (bicyclic) bond motifs is 1. The van der Waals surface area contributed by atoms with Crippen LogP contribution < -0.4 is 0 Å². The molecule has 0 saturated carbocycles. The summed E-state index contributed by atoms with van der Waals surface area (Å²) >= 11 is 0. The zero-order chi connectivity index (χ0) is 23.8. The minimum Gasteiger partial charge on any atom is -0.478 e. The Morgan fingerprint density at radius 3 is 2.33 bits per heavy atom. The van der Waals surface area contributed by atoms with Crippen molar-refractivity contribution < 1.29 is 19.5 Å². The van der Waals surface area contributed by atoms with Crippen LogP contribution in [0.1, 0.15) is 57.6 Å². The Hall–Kier alpha value is -3.99. The van der Waals surface area contributed by atoms with Crippen molar-refractivity contribution in [3.8, 4) is 0 Å². The first kappa shape index (κ1) is 22.2. The molecule has 3 aromatic carbocycles. The standard InChI is InChI=1S/C28H24FNO3/c1-17-4-6-18(7-5-17)23-16-28(2,3)24-14-20(10-12-22(23)24)26(30-33)13-11-19-8-9-21(27(31)32)15-25(19)29/h4-16,33H,1-3H3,(H,31,32)/b13-11+,30-26+. The number of allylic oxidation sites excluding steroid dienone is 2. The largest absolute Gasteiger partial charge is 0.478 e. The number of rotatable bonds is 5. The summed E-state index contributed by atoms with van der Waals surface area (Å²) in [7, 11) is 0. The van der Waals surface area contributed by atoms with Gasteiger partial charge in [0.05, 0.1) is 5.56 Å². The summed E-state index contributed by atoms with van der Waals surface area (Å²) in [5.41, 5.74) is 6.60. The lowest BCUT2D eigenvalue weighted by Crippen LogP contribution is -2.12. The van der Waals surface area contributed by atoms with E-state index in [1.165, 1.54) is 35.4 Å². The Labute approximate surface area is 192 Å². The van der Waals surface area contributed by atoms with E-state index in [2.05, 4.69) is 56.3 Å². The van der Waals surface area contributed by atoms with Crippen LogP contribution in [0.4, 0.5) is 4.39 Å². The second-order valence-electron chi connectivity index (χ2n) is 8.77. The second kappa shape index (κ2) is 8.51. The lowest BCUT2D eigenvalue weighted by atomic mass is 9.85. The molecule has 0 radical (unpaired) electrons. The van der Waals surface area contributed by atoms with Crippen molar-refractivity contribution >= 4 is 23.3 Å². The van der Waals surface area contributed by atoms with Gasteiger partial charge in [-0.3, -0.25) is 0 Å². The number of aryl methyl sites for hydroxylation is 1. The number of carboxylic acids is 1. The molecular weight excluding hydrogens is 417 g/mol. The summed E-state index contributed by atoms with van der Waals surface area (Å²) in [4.78, 5) is 11.0. The summed E-state index contributed by atoms with van der Waals surface area (Å²) in [5, 5.41) is 22.0. The average molecular weight is 442 g/mol. The van der Waals surface area contributed by atoms with Gasteiger partial charge < -0.3 is 10.3 Å². The Kier molecular flexibility index (Phi) is 5.73. The summed E-state index contributed by atoms with van der Waals surface area (Å²) in [6, 6.07) is 18.0.